The summed E-state index contributed by atoms with van der Waals surface area (Å²) in [4.78, 5) is 38.0. The molecular weight excluding hydrogens is 805 g/mol. The van der Waals surface area contributed by atoms with Crippen molar-refractivity contribution in [2.75, 3.05) is 13.2 Å². The molecule has 0 saturated heterocycles. The molecule has 0 aliphatic carbocycles. The number of carbonyl (C=O) groups excluding carboxylic acids is 3. The summed E-state index contributed by atoms with van der Waals surface area (Å²) in [5, 5.41) is 0. The van der Waals surface area contributed by atoms with Gasteiger partial charge in [-0.25, -0.2) is 0 Å². The fraction of sp³-hybridized carbons (Fsp3) is 0.712. The first-order valence-corrected chi connectivity index (χ1v) is 27.1. The lowest BCUT2D eigenvalue weighted by molar-refractivity contribution is -0.167. The summed E-state index contributed by atoms with van der Waals surface area (Å²) in [7, 11) is 0. The van der Waals surface area contributed by atoms with Crippen LogP contribution in [0.15, 0.2) is 85.1 Å². The maximum absolute atomic E-state index is 12.8. The van der Waals surface area contributed by atoms with E-state index in [9.17, 15) is 14.4 Å². The van der Waals surface area contributed by atoms with Crippen LogP contribution in [0.1, 0.15) is 252 Å². The normalized spacial score (nSPS) is 12.3. The lowest BCUT2D eigenvalue weighted by atomic mass is 10.1. The Kier molecular flexibility index (Phi) is 50.4. The smallest absolute Gasteiger partial charge is 0.306 e. The third-order valence-electron chi connectivity index (χ3n) is 11.4. The van der Waals surface area contributed by atoms with Gasteiger partial charge in [-0.2, -0.15) is 0 Å². The van der Waals surface area contributed by atoms with E-state index in [4.69, 9.17) is 14.2 Å². The van der Waals surface area contributed by atoms with Crippen molar-refractivity contribution in [3.63, 3.8) is 0 Å². The second kappa shape index (κ2) is 53.2. The van der Waals surface area contributed by atoms with Gasteiger partial charge in [0.05, 0.1) is 0 Å². The molecule has 6 heteroatoms. The maximum Gasteiger partial charge on any atom is 0.306 e. The van der Waals surface area contributed by atoms with Crippen LogP contribution in [0, 0.1) is 0 Å². The highest BCUT2D eigenvalue weighted by molar-refractivity contribution is 5.71. The van der Waals surface area contributed by atoms with Crippen molar-refractivity contribution in [3.8, 4) is 0 Å². The summed E-state index contributed by atoms with van der Waals surface area (Å²) >= 11 is 0. The average molecular weight is 905 g/mol. The molecule has 6 nitrogen and oxygen atoms in total. The molecule has 0 aromatic rings. The Bertz CT molecular complexity index is 1210. The summed E-state index contributed by atoms with van der Waals surface area (Å²) in [6.07, 6.45) is 68.5. The molecule has 0 aromatic heterocycles. The number of hydrogen-bond donors (Lipinski definition) is 0. The Morgan fingerprint density at radius 3 is 1.00 bits per heavy atom. The summed E-state index contributed by atoms with van der Waals surface area (Å²) in [5.74, 6) is -0.968. The Labute approximate surface area is 401 Å². The van der Waals surface area contributed by atoms with E-state index in [0.29, 0.717) is 19.3 Å². The van der Waals surface area contributed by atoms with E-state index >= 15 is 0 Å². The Morgan fingerprint density at radius 2 is 0.615 bits per heavy atom. The molecule has 372 valence electrons. The molecule has 0 aliphatic rings. The number of allylic oxidation sites excluding steroid dienone is 14. The van der Waals surface area contributed by atoms with Crippen LogP contribution in [0.25, 0.3) is 0 Å². The van der Waals surface area contributed by atoms with E-state index in [2.05, 4.69) is 106 Å². The summed E-state index contributed by atoms with van der Waals surface area (Å²) in [5.41, 5.74) is 0. The zero-order valence-electron chi connectivity index (χ0n) is 42.5. The lowest BCUT2D eigenvalue weighted by Gasteiger charge is -2.18. The van der Waals surface area contributed by atoms with Gasteiger partial charge in [0.15, 0.2) is 6.10 Å². The SMILES string of the molecule is CC/C=C\C/C=C\C/C=C\C/C=C\C/C=C\CCCC(=O)OC(COC(=O)CCCCCCCCC/C=C\CCCCCC)COC(=O)CCCCCCCCC/C=C\CCCCCC. The highest BCUT2D eigenvalue weighted by Gasteiger charge is 2.19. The minimum absolute atomic E-state index is 0.103. The van der Waals surface area contributed by atoms with Gasteiger partial charge in [-0.05, 0) is 109 Å². The summed E-state index contributed by atoms with van der Waals surface area (Å²) < 4.78 is 16.8. The van der Waals surface area contributed by atoms with Crippen molar-refractivity contribution < 1.29 is 28.6 Å². The first-order chi connectivity index (χ1) is 32.0. The fourth-order valence-corrected chi connectivity index (χ4v) is 7.29. The number of esters is 3. The fourth-order valence-electron chi connectivity index (χ4n) is 7.29. The number of hydrogen-bond acceptors (Lipinski definition) is 6. The Balaban J connectivity index is 4.49. The minimum atomic E-state index is -0.809. The van der Waals surface area contributed by atoms with Crippen LogP contribution in [0.4, 0.5) is 0 Å². The van der Waals surface area contributed by atoms with E-state index in [0.717, 1.165) is 77.0 Å². The second-order valence-corrected chi connectivity index (χ2v) is 17.7. The number of unbranched alkanes of at least 4 members (excludes halogenated alkanes) is 23. The molecule has 0 N–H and O–H groups in total. The van der Waals surface area contributed by atoms with Crippen LogP contribution in [0.2, 0.25) is 0 Å². The number of carbonyl (C=O) groups is 3. The summed E-state index contributed by atoms with van der Waals surface area (Å²) in [6, 6.07) is 0. The Morgan fingerprint density at radius 1 is 0.323 bits per heavy atom. The highest BCUT2D eigenvalue weighted by Crippen LogP contribution is 2.14. The van der Waals surface area contributed by atoms with Gasteiger partial charge in [-0.15, -0.1) is 0 Å². The molecule has 0 rings (SSSR count). The zero-order valence-corrected chi connectivity index (χ0v) is 42.5. The van der Waals surface area contributed by atoms with E-state index in [-0.39, 0.29) is 37.5 Å². The molecule has 0 aromatic carbocycles. The van der Waals surface area contributed by atoms with Gasteiger partial charge in [0.25, 0.3) is 0 Å². The van der Waals surface area contributed by atoms with Gasteiger partial charge in [0.2, 0.25) is 0 Å². The third kappa shape index (κ3) is 51.4. The average Bonchev–Trinajstić information content (AvgIpc) is 3.30. The monoisotopic (exact) mass is 905 g/mol. The molecule has 0 heterocycles. The first kappa shape index (κ1) is 61.6. The quantitative estimate of drug-likeness (QED) is 0.0262. The van der Waals surface area contributed by atoms with Crippen LogP contribution in [-0.2, 0) is 28.6 Å². The molecule has 0 bridgehead atoms. The molecule has 0 fully saturated rings. The largest absolute Gasteiger partial charge is 0.462 e. The minimum Gasteiger partial charge on any atom is -0.462 e. The molecule has 0 atom stereocenters. The van der Waals surface area contributed by atoms with Crippen molar-refractivity contribution in [2.45, 2.75) is 258 Å². The topological polar surface area (TPSA) is 78.9 Å². The van der Waals surface area contributed by atoms with Crippen LogP contribution < -0.4 is 0 Å². The van der Waals surface area contributed by atoms with Gasteiger partial charge < -0.3 is 14.2 Å². The predicted molar refractivity (Wildman–Crippen MR) is 279 cm³/mol. The van der Waals surface area contributed by atoms with Crippen molar-refractivity contribution in [3.05, 3.63) is 85.1 Å². The van der Waals surface area contributed by atoms with Gasteiger partial charge in [-0.1, -0.05) is 209 Å². The van der Waals surface area contributed by atoms with Crippen LogP contribution in [-0.4, -0.2) is 37.2 Å². The van der Waals surface area contributed by atoms with Crippen molar-refractivity contribution in [1.29, 1.82) is 0 Å². The lowest BCUT2D eigenvalue weighted by Crippen LogP contribution is -2.30. The molecule has 0 aliphatic heterocycles. The molecular formula is C59H100O6. The Hall–Kier alpha value is -3.41. The van der Waals surface area contributed by atoms with Gasteiger partial charge in [-0.3, -0.25) is 14.4 Å². The molecule has 0 amide bonds. The van der Waals surface area contributed by atoms with E-state index < -0.39 is 6.10 Å². The second-order valence-electron chi connectivity index (χ2n) is 17.7. The zero-order chi connectivity index (χ0) is 47.2. The maximum atomic E-state index is 12.8. The van der Waals surface area contributed by atoms with Gasteiger partial charge in [0.1, 0.15) is 13.2 Å². The first-order valence-electron chi connectivity index (χ1n) is 27.1. The highest BCUT2D eigenvalue weighted by atomic mass is 16.6. The van der Waals surface area contributed by atoms with Crippen LogP contribution >= 0.6 is 0 Å². The predicted octanol–water partition coefficient (Wildman–Crippen LogP) is 18.0. The molecule has 0 radical (unpaired) electrons. The number of rotatable bonds is 48. The van der Waals surface area contributed by atoms with E-state index in [1.807, 2.05) is 0 Å². The van der Waals surface area contributed by atoms with Gasteiger partial charge >= 0.3 is 17.9 Å². The van der Waals surface area contributed by atoms with Crippen LogP contribution in [0.5, 0.6) is 0 Å². The van der Waals surface area contributed by atoms with E-state index in [1.54, 1.807) is 0 Å². The molecule has 0 saturated carbocycles. The summed E-state index contributed by atoms with van der Waals surface area (Å²) in [6.45, 7) is 6.45. The third-order valence-corrected chi connectivity index (χ3v) is 11.4. The van der Waals surface area contributed by atoms with E-state index in [1.165, 1.54) is 128 Å². The molecule has 0 spiro atoms. The molecule has 65 heavy (non-hydrogen) atoms. The standard InChI is InChI=1S/C59H100O6/c1-4-7-10-13-16-19-22-25-28-29-32-35-38-41-44-47-50-53-59(62)65-56(54-63-57(60)51-48-45-42-39-36-33-30-26-23-20-17-14-11-8-5-2)55-64-58(61)52-49-46-43-40-37-34-31-27-24-21-18-15-12-9-6-3/h7,10,16,19-21,23-25,28,32,35,41,44,56H,4-6,8-9,11-15,17-18,22,26-27,29-31,33-34,36-40,42-43,45-55H2,1-3H3/b10-7-,19-16-,23-20-,24-21-,28-25-,35-32-,44-41-. The van der Waals surface area contributed by atoms with Gasteiger partial charge in [0, 0.05) is 19.3 Å². The van der Waals surface area contributed by atoms with Crippen molar-refractivity contribution >= 4 is 17.9 Å². The van der Waals surface area contributed by atoms with Crippen molar-refractivity contribution in [1.82, 2.24) is 0 Å². The van der Waals surface area contributed by atoms with Crippen molar-refractivity contribution in [2.24, 2.45) is 0 Å². The molecule has 0 unspecified atom stereocenters. The number of ether oxygens (including phenoxy) is 3. The van der Waals surface area contributed by atoms with Crippen LogP contribution in [0.3, 0.4) is 0 Å².